The van der Waals surface area contributed by atoms with Gasteiger partial charge in [0.05, 0.1) is 0 Å². The number of nitrogens with zero attached hydrogens (tertiary/aromatic N) is 1. The molecule has 0 N–H and O–H groups in total. The van der Waals surface area contributed by atoms with E-state index in [1.54, 1.807) is 4.90 Å². The van der Waals surface area contributed by atoms with Gasteiger partial charge < -0.3 is 18.1 Å². The summed E-state index contributed by atoms with van der Waals surface area (Å²) in [6, 6.07) is 0. The first-order chi connectivity index (χ1) is 8.38. The first-order valence-corrected chi connectivity index (χ1v) is 8.97. The third kappa shape index (κ3) is 5.93. The van der Waals surface area contributed by atoms with Gasteiger partial charge >= 0.3 is 15.2 Å². The predicted molar refractivity (Wildman–Crippen MR) is 70.0 cm³/mol. The zero-order valence-corrected chi connectivity index (χ0v) is 13.4. The molecule has 0 aliphatic carbocycles. The SMILES string of the molecule is CCCN(CP(=O)(OC)OC)CP(=O)(OC)OC. The Bertz CT molecular complexity index is 280. The molecule has 0 saturated carbocycles. The summed E-state index contributed by atoms with van der Waals surface area (Å²) < 4.78 is 43.5. The fourth-order valence-electron chi connectivity index (χ4n) is 1.37. The summed E-state index contributed by atoms with van der Waals surface area (Å²) in [6.07, 6.45) is 0.899. The second-order valence-corrected chi connectivity index (χ2v) is 8.10. The van der Waals surface area contributed by atoms with E-state index >= 15 is 0 Å². The molecule has 110 valence electrons. The summed E-state index contributed by atoms with van der Waals surface area (Å²) in [4.78, 5) is 1.70. The quantitative estimate of drug-likeness (QED) is 0.574. The van der Waals surface area contributed by atoms with E-state index in [9.17, 15) is 9.13 Å². The lowest BCUT2D eigenvalue weighted by atomic mass is 10.5. The molecule has 0 aromatic heterocycles. The molecule has 0 amide bonds. The summed E-state index contributed by atoms with van der Waals surface area (Å²) in [5.74, 6) is 0. The Morgan fingerprint density at radius 1 is 0.833 bits per heavy atom. The van der Waals surface area contributed by atoms with Crippen LogP contribution in [0.25, 0.3) is 0 Å². The molecule has 0 aliphatic heterocycles. The topological polar surface area (TPSA) is 74.3 Å². The molecule has 0 atom stereocenters. The Morgan fingerprint density at radius 3 is 1.39 bits per heavy atom. The predicted octanol–water partition coefficient (Wildman–Crippen LogP) is 2.59. The maximum atomic E-state index is 12.0. The van der Waals surface area contributed by atoms with Gasteiger partial charge in [-0.3, -0.25) is 14.0 Å². The maximum Gasteiger partial charge on any atom is 0.344 e. The summed E-state index contributed by atoms with van der Waals surface area (Å²) >= 11 is 0. The highest BCUT2D eigenvalue weighted by atomic mass is 31.2. The average Bonchev–Trinajstić information content (AvgIpc) is 2.38. The molecule has 0 radical (unpaired) electrons. The zero-order valence-electron chi connectivity index (χ0n) is 11.6. The molecule has 0 rings (SSSR count). The Labute approximate surface area is 109 Å². The van der Waals surface area contributed by atoms with Crippen molar-refractivity contribution in [3.05, 3.63) is 0 Å². The highest BCUT2D eigenvalue weighted by Crippen LogP contribution is 2.51. The van der Waals surface area contributed by atoms with E-state index in [-0.39, 0.29) is 12.6 Å². The van der Waals surface area contributed by atoms with Gasteiger partial charge in [0, 0.05) is 28.4 Å². The van der Waals surface area contributed by atoms with Crippen LogP contribution in [0.5, 0.6) is 0 Å². The molecular weight excluding hydrogens is 280 g/mol. The number of hydrogen-bond acceptors (Lipinski definition) is 7. The van der Waals surface area contributed by atoms with E-state index in [0.717, 1.165) is 6.42 Å². The van der Waals surface area contributed by atoms with Gasteiger partial charge in [0.15, 0.2) is 0 Å². The van der Waals surface area contributed by atoms with Gasteiger partial charge in [-0.15, -0.1) is 0 Å². The molecule has 0 heterocycles. The second kappa shape index (κ2) is 8.43. The Kier molecular flexibility index (Phi) is 8.56. The highest BCUT2D eigenvalue weighted by molar-refractivity contribution is 7.54. The first-order valence-electron chi connectivity index (χ1n) is 5.52. The molecule has 0 aromatic rings. The van der Waals surface area contributed by atoms with E-state index in [2.05, 4.69) is 0 Å². The molecule has 0 fully saturated rings. The zero-order chi connectivity index (χ0) is 14.2. The van der Waals surface area contributed by atoms with Crippen LogP contribution in [-0.2, 0) is 27.2 Å². The van der Waals surface area contributed by atoms with Crippen molar-refractivity contribution in [1.82, 2.24) is 4.90 Å². The van der Waals surface area contributed by atoms with Crippen LogP contribution >= 0.6 is 15.2 Å². The van der Waals surface area contributed by atoms with Crippen LogP contribution in [0.2, 0.25) is 0 Å². The van der Waals surface area contributed by atoms with E-state index in [1.165, 1.54) is 28.4 Å². The lowest BCUT2D eigenvalue weighted by molar-refractivity contribution is 0.223. The van der Waals surface area contributed by atoms with Gasteiger partial charge in [0.25, 0.3) is 0 Å². The van der Waals surface area contributed by atoms with Crippen molar-refractivity contribution in [3.8, 4) is 0 Å². The van der Waals surface area contributed by atoms with Crippen molar-refractivity contribution >= 4 is 15.2 Å². The standard InChI is InChI=1S/C9H23NO6P2/c1-6-7-10(8-17(11,13-2)14-3)9-18(12,15-4)16-5/h6-9H2,1-5H3. The van der Waals surface area contributed by atoms with Gasteiger partial charge in [-0.1, -0.05) is 6.92 Å². The Morgan fingerprint density at radius 2 is 1.17 bits per heavy atom. The summed E-state index contributed by atoms with van der Waals surface area (Å²) in [5, 5.41) is 0. The lowest BCUT2D eigenvalue weighted by Gasteiger charge is -2.27. The van der Waals surface area contributed by atoms with E-state index in [1.807, 2.05) is 6.92 Å². The minimum Gasteiger partial charge on any atom is -0.311 e. The lowest BCUT2D eigenvalue weighted by Crippen LogP contribution is -2.28. The largest absolute Gasteiger partial charge is 0.344 e. The van der Waals surface area contributed by atoms with Crippen molar-refractivity contribution in [2.45, 2.75) is 13.3 Å². The van der Waals surface area contributed by atoms with Crippen LogP contribution in [-0.4, -0.2) is 52.5 Å². The van der Waals surface area contributed by atoms with Gasteiger partial charge in [-0.25, -0.2) is 0 Å². The second-order valence-electron chi connectivity index (χ2n) is 3.63. The molecule has 0 saturated heterocycles. The van der Waals surface area contributed by atoms with Crippen molar-refractivity contribution in [2.75, 3.05) is 47.6 Å². The van der Waals surface area contributed by atoms with Crippen LogP contribution in [0.3, 0.4) is 0 Å². The Balaban J connectivity index is 4.77. The van der Waals surface area contributed by atoms with Crippen LogP contribution in [0, 0.1) is 0 Å². The van der Waals surface area contributed by atoms with Gasteiger partial charge in [-0.05, 0) is 13.0 Å². The molecule has 7 nitrogen and oxygen atoms in total. The summed E-state index contributed by atoms with van der Waals surface area (Å²) in [7, 11) is -1.08. The normalized spacial score (nSPS) is 13.2. The molecule has 18 heavy (non-hydrogen) atoms. The van der Waals surface area contributed by atoms with Crippen molar-refractivity contribution < 1.29 is 27.2 Å². The third-order valence-electron chi connectivity index (χ3n) is 2.40. The molecule has 0 unspecified atom stereocenters. The van der Waals surface area contributed by atoms with E-state index < -0.39 is 15.2 Å². The van der Waals surface area contributed by atoms with Crippen LogP contribution in [0.15, 0.2) is 0 Å². The fraction of sp³-hybridized carbons (Fsp3) is 1.00. The number of rotatable bonds is 10. The van der Waals surface area contributed by atoms with Crippen LogP contribution < -0.4 is 0 Å². The molecular formula is C9H23NO6P2. The van der Waals surface area contributed by atoms with E-state index in [4.69, 9.17) is 18.1 Å². The summed E-state index contributed by atoms with van der Waals surface area (Å²) in [5.41, 5.74) is 0. The smallest absolute Gasteiger partial charge is 0.311 e. The monoisotopic (exact) mass is 303 g/mol. The molecule has 0 bridgehead atoms. The average molecular weight is 303 g/mol. The minimum atomic E-state index is -3.18. The third-order valence-corrected chi connectivity index (χ3v) is 6.12. The van der Waals surface area contributed by atoms with E-state index in [0.29, 0.717) is 6.54 Å². The minimum absolute atomic E-state index is 0.0462. The molecule has 0 aromatic carbocycles. The molecule has 9 heteroatoms. The van der Waals surface area contributed by atoms with Crippen LogP contribution in [0.1, 0.15) is 13.3 Å². The highest BCUT2D eigenvalue weighted by Gasteiger charge is 2.31. The van der Waals surface area contributed by atoms with Gasteiger partial charge in [0.1, 0.15) is 12.6 Å². The number of hydrogen-bond donors (Lipinski definition) is 0. The van der Waals surface area contributed by atoms with Crippen LogP contribution in [0.4, 0.5) is 0 Å². The Hall–Kier alpha value is 0.260. The van der Waals surface area contributed by atoms with Crippen molar-refractivity contribution in [3.63, 3.8) is 0 Å². The maximum absolute atomic E-state index is 12.0. The van der Waals surface area contributed by atoms with Crippen molar-refractivity contribution in [2.24, 2.45) is 0 Å². The van der Waals surface area contributed by atoms with Crippen molar-refractivity contribution in [1.29, 1.82) is 0 Å². The first kappa shape index (κ1) is 18.3. The van der Waals surface area contributed by atoms with Gasteiger partial charge in [0.2, 0.25) is 0 Å². The van der Waals surface area contributed by atoms with Gasteiger partial charge in [-0.2, -0.15) is 0 Å². The fourth-order valence-corrected chi connectivity index (χ4v) is 3.75. The summed E-state index contributed by atoms with van der Waals surface area (Å²) in [6.45, 7) is 2.55. The molecule has 0 aliphatic rings. The molecule has 0 spiro atoms.